The number of phenolic OH excluding ortho intramolecular Hbond substituents is 2. The first-order valence-corrected chi connectivity index (χ1v) is 22.9. The van der Waals surface area contributed by atoms with Crippen molar-refractivity contribution in [1.82, 2.24) is 0 Å². The van der Waals surface area contributed by atoms with E-state index in [1.807, 2.05) is 165 Å². The van der Waals surface area contributed by atoms with Gasteiger partial charge in [-0.1, -0.05) is 113 Å². The van der Waals surface area contributed by atoms with Gasteiger partial charge in [-0.25, -0.2) is 0 Å². The first kappa shape index (κ1) is 70.3. The number of anilines is 6. The smallest absolute Gasteiger partial charge is 0.121 e. The lowest BCUT2D eigenvalue weighted by atomic mass is 9.81. The highest BCUT2D eigenvalue weighted by Crippen LogP contribution is 2.41. The SMILES string of the molecule is C.C.CC.CC.CC.CC.CNc1ccc(Nc2ccccc2)cc1.Cc1c(C)c(C(C)(C)N(C)c2ccc(Nc3ccccc3)cc2)c(C)c(C)c1O.Cc1cc(C)c(C)c(O)c1C.[B].[B]. The summed E-state index contributed by atoms with van der Waals surface area (Å²) in [4.78, 5) is 2.31. The fraction of sp³-hybridized carbons (Fsp3) is 0.390. The van der Waals surface area contributed by atoms with Crippen LogP contribution in [0, 0.1) is 55.4 Å². The van der Waals surface area contributed by atoms with E-state index in [0.29, 0.717) is 11.5 Å². The molecule has 0 aromatic heterocycles. The summed E-state index contributed by atoms with van der Waals surface area (Å²) in [5.74, 6) is 0.862. The van der Waals surface area contributed by atoms with Gasteiger partial charge in [0.1, 0.15) is 11.5 Å². The molecule has 6 aromatic carbocycles. The van der Waals surface area contributed by atoms with E-state index >= 15 is 0 Å². The van der Waals surface area contributed by atoms with Crippen LogP contribution >= 0.6 is 0 Å². The lowest BCUT2D eigenvalue weighted by Gasteiger charge is -2.41. The van der Waals surface area contributed by atoms with Gasteiger partial charge in [-0.2, -0.15) is 0 Å². The van der Waals surface area contributed by atoms with Crippen LogP contribution in [0.4, 0.5) is 34.1 Å². The molecule has 67 heavy (non-hydrogen) atoms. The van der Waals surface area contributed by atoms with Crippen LogP contribution in [-0.4, -0.2) is 41.1 Å². The molecule has 6 aromatic rings. The lowest BCUT2D eigenvalue weighted by Crippen LogP contribution is -2.40. The minimum absolute atomic E-state index is 0. The molecule has 6 rings (SSSR count). The van der Waals surface area contributed by atoms with Crippen molar-refractivity contribution in [3.05, 3.63) is 165 Å². The summed E-state index contributed by atoms with van der Waals surface area (Å²) < 4.78 is 0. The minimum Gasteiger partial charge on any atom is -0.507 e. The van der Waals surface area contributed by atoms with Gasteiger partial charge in [-0.3, -0.25) is 0 Å². The van der Waals surface area contributed by atoms with E-state index in [0.717, 1.165) is 78.6 Å². The van der Waals surface area contributed by atoms with Crippen molar-refractivity contribution in [2.45, 2.75) is 145 Å². The molecule has 0 atom stereocenters. The quantitative estimate of drug-likeness (QED) is 0.0979. The molecule has 0 aliphatic carbocycles. The average molecular weight is 911 g/mol. The maximum atomic E-state index is 10.4. The summed E-state index contributed by atoms with van der Waals surface area (Å²) in [5.41, 5.74) is 16.2. The summed E-state index contributed by atoms with van der Waals surface area (Å²) in [6.07, 6.45) is 0. The second-order valence-corrected chi connectivity index (χ2v) is 14.8. The predicted octanol–water partition coefficient (Wildman–Crippen LogP) is 17.5. The van der Waals surface area contributed by atoms with Crippen molar-refractivity contribution in [3.63, 3.8) is 0 Å². The van der Waals surface area contributed by atoms with E-state index in [4.69, 9.17) is 0 Å². The molecule has 0 amide bonds. The van der Waals surface area contributed by atoms with Crippen LogP contribution in [0.25, 0.3) is 0 Å². The van der Waals surface area contributed by atoms with Crippen LogP contribution in [-0.2, 0) is 5.54 Å². The Hall–Kier alpha value is -5.75. The minimum atomic E-state index is -0.230. The van der Waals surface area contributed by atoms with E-state index in [9.17, 15) is 10.2 Å². The number of aromatic hydroxyl groups is 2. The average Bonchev–Trinajstić information content (AvgIpc) is 3.33. The van der Waals surface area contributed by atoms with Crippen molar-refractivity contribution in [2.24, 2.45) is 0 Å². The summed E-state index contributed by atoms with van der Waals surface area (Å²) in [6.45, 7) is 36.6. The van der Waals surface area contributed by atoms with Crippen LogP contribution in [0.1, 0.15) is 134 Å². The van der Waals surface area contributed by atoms with Crippen molar-refractivity contribution in [3.8, 4) is 11.5 Å². The fourth-order valence-corrected chi connectivity index (χ4v) is 6.76. The normalized spacial score (nSPS) is 9.13. The molecule has 0 heterocycles. The van der Waals surface area contributed by atoms with Crippen molar-refractivity contribution in [1.29, 1.82) is 0 Å². The molecule has 0 spiro atoms. The Bertz CT molecular complexity index is 2120. The molecule has 0 aliphatic heterocycles. The number of aryl methyl sites for hydroxylation is 2. The summed E-state index contributed by atoms with van der Waals surface area (Å²) in [5, 5.41) is 29.9. The summed E-state index contributed by atoms with van der Waals surface area (Å²) in [6, 6.07) is 39.2. The zero-order valence-electron chi connectivity index (χ0n) is 44.0. The molecule has 0 fully saturated rings. The molecule has 8 heteroatoms. The molecule has 366 valence electrons. The van der Waals surface area contributed by atoms with Gasteiger partial charge in [0, 0.05) is 65.0 Å². The van der Waals surface area contributed by atoms with Crippen molar-refractivity contribution >= 4 is 51.0 Å². The number of benzene rings is 6. The zero-order valence-corrected chi connectivity index (χ0v) is 44.0. The third-order valence-corrected chi connectivity index (χ3v) is 10.9. The van der Waals surface area contributed by atoms with Gasteiger partial charge in [0.25, 0.3) is 0 Å². The topological polar surface area (TPSA) is 79.8 Å². The highest BCUT2D eigenvalue weighted by atomic mass is 16.3. The van der Waals surface area contributed by atoms with Crippen molar-refractivity contribution < 1.29 is 10.2 Å². The Morgan fingerprint density at radius 3 is 1.03 bits per heavy atom. The Morgan fingerprint density at radius 1 is 0.418 bits per heavy atom. The van der Waals surface area contributed by atoms with Gasteiger partial charge in [-0.15, -0.1) is 0 Å². The second-order valence-electron chi connectivity index (χ2n) is 14.8. The zero-order chi connectivity index (χ0) is 48.4. The molecule has 0 bridgehead atoms. The number of nitrogens with zero attached hydrogens (tertiary/aromatic N) is 1. The highest BCUT2D eigenvalue weighted by Gasteiger charge is 2.31. The van der Waals surface area contributed by atoms with E-state index in [2.05, 4.69) is 110 Å². The van der Waals surface area contributed by atoms with Gasteiger partial charge in [0.05, 0.1) is 5.54 Å². The highest BCUT2D eigenvalue weighted by molar-refractivity contribution is 5.76. The molecule has 0 saturated heterocycles. The summed E-state index contributed by atoms with van der Waals surface area (Å²) >= 11 is 0. The largest absolute Gasteiger partial charge is 0.507 e. The van der Waals surface area contributed by atoms with E-state index in [1.54, 1.807) is 0 Å². The fourth-order valence-electron chi connectivity index (χ4n) is 6.76. The Morgan fingerprint density at radius 2 is 0.701 bits per heavy atom. The van der Waals surface area contributed by atoms with Gasteiger partial charge >= 0.3 is 0 Å². The Kier molecular flexibility index (Phi) is 38.2. The van der Waals surface area contributed by atoms with E-state index < -0.39 is 0 Å². The molecule has 0 unspecified atom stereocenters. The van der Waals surface area contributed by atoms with Gasteiger partial charge < -0.3 is 31.1 Å². The first-order chi connectivity index (χ1) is 30.1. The molecule has 6 radical (unpaired) electrons. The van der Waals surface area contributed by atoms with Crippen LogP contribution in [0.15, 0.2) is 115 Å². The molecule has 6 nitrogen and oxygen atoms in total. The number of nitrogens with one attached hydrogen (secondary N) is 3. The Balaban J connectivity index is -0.000000285. The van der Waals surface area contributed by atoms with Gasteiger partial charge in [0.2, 0.25) is 0 Å². The number of para-hydroxylation sites is 2. The van der Waals surface area contributed by atoms with Crippen LogP contribution in [0.3, 0.4) is 0 Å². The number of rotatable bonds is 8. The Labute approximate surface area is 416 Å². The van der Waals surface area contributed by atoms with Crippen LogP contribution in [0.5, 0.6) is 11.5 Å². The van der Waals surface area contributed by atoms with Crippen molar-refractivity contribution in [2.75, 3.05) is 34.9 Å². The third-order valence-electron chi connectivity index (χ3n) is 10.9. The number of phenols is 2. The van der Waals surface area contributed by atoms with E-state index in [1.165, 1.54) is 5.56 Å². The molecule has 5 N–H and O–H groups in total. The lowest BCUT2D eigenvalue weighted by molar-refractivity contribution is 0.460. The molecular formula is C59H92B2N4O2. The monoisotopic (exact) mass is 911 g/mol. The van der Waals surface area contributed by atoms with Gasteiger partial charge in [-0.05, 0) is 192 Å². The third kappa shape index (κ3) is 20.3. The summed E-state index contributed by atoms with van der Waals surface area (Å²) in [7, 11) is 4.05. The van der Waals surface area contributed by atoms with Gasteiger partial charge in [0.15, 0.2) is 0 Å². The number of hydrogen-bond acceptors (Lipinski definition) is 6. The molecule has 0 saturated carbocycles. The van der Waals surface area contributed by atoms with Crippen LogP contribution in [0.2, 0.25) is 0 Å². The second kappa shape index (κ2) is 36.4. The number of hydrogen-bond donors (Lipinski definition) is 5. The molecule has 0 aliphatic rings. The predicted molar refractivity (Wildman–Crippen MR) is 308 cm³/mol. The maximum Gasteiger partial charge on any atom is 0.121 e. The van der Waals surface area contributed by atoms with Crippen LogP contribution < -0.4 is 20.9 Å². The maximum absolute atomic E-state index is 10.4. The standard InChI is InChI=1S/C26H32N2O.C13H14N2.C10H14O.4C2H6.2CH4.2B/c1-17-19(3)25(29)20(4)18(2)24(17)26(5,6)28(7)23-15-13-22(14-16-23)27-21-11-9-8-10-12-21;1-14-11-7-9-13(10-8-11)15-12-5-3-2-4-6-12;1-6-5-7(2)9(4)10(11)8(6)3;4*1-2;;;;/h8-16,27,29H,1-7H3;2-10,14-15H,1H3;5,11H,1-4H3;4*1-2H3;2*1H4;;. The first-order valence-electron chi connectivity index (χ1n) is 22.9. The molecular weight excluding hydrogens is 818 g/mol. The van der Waals surface area contributed by atoms with E-state index in [-0.39, 0.29) is 37.2 Å².